The lowest BCUT2D eigenvalue weighted by Crippen LogP contribution is -2.45. The molecule has 10 heteroatoms. The number of pyridine rings is 1. The molecule has 5 atom stereocenters. The Morgan fingerprint density at radius 3 is 2.88 bits per heavy atom. The Hall–Kier alpha value is -2.79. The van der Waals surface area contributed by atoms with Gasteiger partial charge in [0.05, 0.1) is 21.5 Å². The zero-order chi connectivity index (χ0) is 22.9. The number of hydrogen-bond acceptors (Lipinski definition) is 8. The van der Waals surface area contributed by atoms with Crippen LogP contribution in [-0.4, -0.2) is 47.5 Å². The minimum absolute atomic E-state index is 0.0430. The summed E-state index contributed by atoms with van der Waals surface area (Å²) in [5.41, 5.74) is 13.1. The maximum atomic E-state index is 11.4. The Kier molecular flexibility index (Phi) is 4.64. The zero-order valence-corrected chi connectivity index (χ0v) is 19.2. The quantitative estimate of drug-likeness (QED) is 0.329. The van der Waals surface area contributed by atoms with E-state index in [2.05, 4.69) is 36.9 Å². The van der Waals surface area contributed by atoms with Crippen molar-refractivity contribution in [2.75, 3.05) is 11.5 Å². The van der Waals surface area contributed by atoms with Gasteiger partial charge in [-0.1, -0.05) is 12.1 Å². The highest BCUT2D eigenvalue weighted by Gasteiger charge is 2.61. The molecule has 9 nitrogen and oxygen atoms in total. The van der Waals surface area contributed by atoms with E-state index < -0.39 is 24.0 Å². The molecule has 33 heavy (non-hydrogen) atoms. The second-order valence-corrected chi connectivity index (χ2v) is 9.84. The van der Waals surface area contributed by atoms with Crippen LogP contribution in [0, 0.1) is 5.92 Å². The van der Waals surface area contributed by atoms with Gasteiger partial charge >= 0.3 is 0 Å². The molecule has 1 saturated carbocycles. The maximum absolute atomic E-state index is 11.4. The van der Waals surface area contributed by atoms with Crippen molar-refractivity contribution in [2.24, 2.45) is 5.92 Å². The molecule has 2 fully saturated rings. The molecule has 2 aliphatic rings. The van der Waals surface area contributed by atoms with Crippen LogP contribution < -0.4 is 11.5 Å². The van der Waals surface area contributed by atoms with Gasteiger partial charge < -0.3 is 31.0 Å². The van der Waals surface area contributed by atoms with Gasteiger partial charge in [-0.25, -0.2) is 15.0 Å². The van der Waals surface area contributed by atoms with Crippen LogP contribution in [0.3, 0.4) is 0 Å². The first-order chi connectivity index (χ1) is 15.8. The number of anilines is 2. The molecular weight excluding hydrogens is 488 g/mol. The fourth-order valence-corrected chi connectivity index (χ4v) is 5.72. The fourth-order valence-electron chi connectivity index (χ4n) is 5.39. The summed E-state index contributed by atoms with van der Waals surface area (Å²) >= 11 is 3.42. The third kappa shape index (κ3) is 3.12. The third-order valence-electron chi connectivity index (χ3n) is 7.08. The summed E-state index contributed by atoms with van der Waals surface area (Å²) in [6, 6.07) is 9.85. The Bertz CT molecular complexity index is 1390. The largest absolute Gasteiger partial charge is 0.385 e. The molecule has 0 unspecified atom stereocenters. The normalized spacial score (nSPS) is 29.2. The first-order valence-corrected chi connectivity index (χ1v) is 11.6. The van der Waals surface area contributed by atoms with Gasteiger partial charge in [-0.05, 0) is 64.9 Å². The number of nitrogens with zero attached hydrogens (tertiary/aromatic N) is 4. The maximum Gasteiger partial charge on any atom is 0.164 e. The Morgan fingerprint density at radius 2 is 2.03 bits per heavy atom. The third-order valence-corrected chi connectivity index (χ3v) is 7.71. The molecule has 1 aromatic carbocycles. The summed E-state index contributed by atoms with van der Waals surface area (Å²) in [5, 5.41) is 24.2. The molecule has 170 valence electrons. The summed E-state index contributed by atoms with van der Waals surface area (Å²) in [5.74, 6) is 0.852. The van der Waals surface area contributed by atoms with Gasteiger partial charge in [0.1, 0.15) is 35.3 Å². The number of rotatable bonds is 3. The van der Waals surface area contributed by atoms with Crippen molar-refractivity contribution >= 4 is 49.5 Å². The summed E-state index contributed by atoms with van der Waals surface area (Å²) in [6.07, 6.45) is 2.70. The van der Waals surface area contributed by atoms with Gasteiger partial charge in [0.25, 0.3) is 0 Å². The zero-order valence-electron chi connectivity index (χ0n) is 17.6. The van der Waals surface area contributed by atoms with Crippen LogP contribution in [0.15, 0.2) is 47.3 Å². The topological polar surface area (TPSA) is 145 Å². The van der Waals surface area contributed by atoms with Crippen molar-refractivity contribution in [3.05, 3.63) is 52.9 Å². The van der Waals surface area contributed by atoms with E-state index in [4.69, 9.17) is 16.2 Å². The van der Waals surface area contributed by atoms with Crippen LogP contribution in [0.4, 0.5) is 11.6 Å². The number of benzene rings is 1. The predicted molar refractivity (Wildman–Crippen MR) is 127 cm³/mol. The van der Waals surface area contributed by atoms with Crippen LogP contribution in [0.2, 0.25) is 0 Å². The Labute approximate surface area is 197 Å². The SMILES string of the molecule is Nc1nc2cc(C[C@@H]3CC[C@@]4(O)[C@@H]3O[C@@H](n3ccc5c(N)ncnc53)[C@@H]4O)ccc2cc1Br. The monoisotopic (exact) mass is 510 g/mol. The number of hydrogen-bond donors (Lipinski definition) is 4. The van der Waals surface area contributed by atoms with Gasteiger partial charge in [0.15, 0.2) is 6.23 Å². The van der Waals surface area contributed by atoms with E-state index in [1.807, 2.05) is 18.2 Å². The van der Waals surface area contributed by atoms with Crippen molar-refractivity contribution in [1.29, 1.82) is 0 Å². The number of aliphatic hydroxyl groups is 2. The van der Waals surface area contributed by atoms with Crippen molar-refractivity contribution in [3.8, 4) is 0 Å². The Balaban J connectivity index is 1.29. The average Bonchev–Trinajstić information content (AvgIpc) is 3.42. The van der Waals surface area contributed by atoms with E-state index in [0.29, 0.717) is 35.5 Å². The van der Waals surface area contributed by atoms with Crippen molar-refractivity contribution < 1.29 is 14.9 Å². The Morgan fingerprint density at radius 1 is 1.18 bits per heavy atom. The van der Waals surface area contributed by atoms with E-state index in [1.165, 1.54) is 6.33 Å². The molecule has 4 heterocycles. The fraction of sp³-hybridized carbons (Fsp3) is 0.348. The van der Waals surface area contributed by atoms with E-state index in [0.717, 1.165) is 27.4 Å². The van der Waals surface area contributed by atoms with Crippen LogP contribution >= 0.6 is 15.9 Å². The highest BCUT2D eigenvalue weighted by molar-refractivity contribution is 9.10. The molecular formula is C23H23BrN6O3. The van der Waals surface area contributed by atoms with Crippen LogP contribution in [0.1, 0.15) is 24.6 Å². The molecule has 0 bridgehead atoms. The molecule has 1 saturated heterocycles. The molecule has 0 spiro atoms. The van der Waals surface area contributed by atoms with Crippen LogP contribution in [0.25, 0.3) is 21.9 Å². The predicted octanol–water partition coefficient (Wildman–Crippen LogP) is 2.55. The number of nitrogens with two attached hydrogens (primary N) is 2. The molecule has 4 aromatic rings. The van der Waals surface area contributed by atoms with Crippen molar-refractivity contribution in [3.63, 3.8) is 0 Å². The van der Waals surface area contributed by atoms with Crippen LogP contribution in [-0.2, 0) is 11.2 Å². The summed E-state index contributed by atoms with van der Waals surface area (Å²) in [7, 11) is 0. The molecule has 1 aliphatic heterocycles. The van der Waals surface area contributed by atoms with Gasteiger partial charge in [0.2, 0.25) is 0 Å². The molecule has 3 aromatic heterocycles. The number of halogens is 1. The van der Waals surface area contributed by atoms with Gasteiger partial charge in [-0.2, -0.15) is 0 Å². The van der Waals surface area contributed by atoms with E-state index in [9.17, 15) is 10.2 Å². The standard InChI is InChI=1S/C23H23BrN6O3/c24-15-9-12-2-1-11(8-16(12)29-20(15)26)7-13-3-5-23(32)17(31)22(33-18(13)23)30-6-4-14-19(25)27-10-28-21(14)30/h1-2,4,6,8-10,13,17-18,22,31-32H,3,5,7H2,(H2,26,29)(H2,25,27,28)/t13-,17-,18+,22+,23-/m0/s1. The molecule has 6 rings (SSSR count). The number of aliphatic hydroxyl groups excluding tert-OH is 1. The second-order valence-electron chi connectivity index (χ2n) is 8.99. The average molecular weight is 511 g/mol. The smallest absolute Gasteiger partial charge is 0.164 e. The number of nitrogen functional groups attached to an aromatic ring is 2. The lowest BCUT2D eigenvalue weighted by Gasteiger charge is -2.26. The van der Waals surface area contributed by atoms with E-state index in [-0.39, 0.29) is 5.92 Å². The van der Waals surface area contributed by atoms with Crippen molar-refractivity contribution in [2.45, 2.75) is 43.3 Å². The van der Waals surface area contributed by atoms with Crippen LogP contribution in [0.5, 0.6) is 0 Å². The minimum atomic E-state index is -1.32. The van der Waals surface area contributed by atoms with Gasteiger partial charge in [-0.15, -0.1) is 0 Å². The second kappa shape index (κ2) is 7.36. The number of aromatic nitrogens is 4. The first kappa shape index (κ1) is 20.8. The van der Waals surface area contributed by atoms with E-state index >= 15 is 0 Å². The molecule has 1 aliphatic carbocycles. The number of ether oxygens (including phenoxy) is 1. The highest BCUT2D eigenvalue weighted by Crippen LogP contribution is 2.50. The van der Waals surface area contributed by atoms with Crippen molar-refractivity contribution in [1.82, 2.24) is 19.5 Å². The highest BCUT2D eigenvalue weighted by atomic mass is 79.9. The van der Waals surface area contributed by atoms with Gasteiger partial charge in [0, 0.05) is 11.6 Å². The molecule has 0 radical (unpaired) electrons. The lowest BCUT2D eigenvalue weighted by molar-refractivity contribution is -0.0675. The minimum Gasteiger partial charge on any atom is -0.385 e. The van der Waals surface area contributed by atoms with Gasteiger partial charge in [-0.3, -0.25) is 0 Å². The summed E-state index contributed by atoms with van der Waals surface area (Å²) in [4.78, 5) is 12.8. The molecule has 6 N–H and O–H groups in total. The lowest BCUT2D eigenvalue weighted by atomic mass is 9.90. The first-order valence-electron chi connectivity index (χ1n) is 10.8. The number of fused-ring (bicyclic) bond motifs is 3. The van der Waals surface area contributed by atoms with E-state index in [1.54, 1.807) is 16.8 Å². The summed E-state index contributed by atoms with van der Waals surface area (Å²) < 4.78 is 8.82. The molecule has 0 amide bonds. The summed E-state index contributed by atoms with van der Waals surface area (Å²) in [6.45, 7) is 0.